The Balaban J connectivity index is 2.06. The van der Waals surface area contributed by atoms with Crippen LogP contribution in [0.1, 0.15) is 0 Å². The minimum absolute atomic E-state index is 0.341. The molecular formula is C16H9ClFN2. The maximum Gasteiger partial charge on any atom is 0.132 e. The van der Waals surface area contributed by atoms with Gasteiger partial charge in [0.15, 0.2) is 0 Å². The number of aromatic nitrogens is 2. The van der Waals surface area contributed by atoms with Crippen molar-refractivity contribution in [2.24, 2.45) is 0 Å². The first kappa shape index (κ1) is 12.8. The fraction of sp³-hybridized carbons (Fsp3) is 0. The second-order valence-corrected chi connectivity index (χ2v) is 4.64. The molecule has 0 unspecified atom stereocenters. The first-order valence-corrected chi connectivity index (χ1v) is 6.37. The van der Waals surface area contributed by atoms with Gasteiger partial charge in [0.25, 0.3) is 0 Å². The molecule has 0 saturated carbocycles. The van der Waals surface area contributed by atoms with Crippen LogP contribution in [-0.2, 0) is 0 Å². The van der Waals surface area contributed by atoms with E-state index in [0.717, 1.165) is 5.56 Å². The Bertz CT molecular complexity index is 741. The van der Waals surface area contributed by atoms with Gasteiger partial charge in [-0.25, -0.2) is 14.4 Å². The molecule has 2 nitrogen and oxygen atoms in total. The summed E-state index contributed by atoms with van der Waals surface area (Å²) in [5.41, 5.74) is 2.29. The molecular weight excluding hydrogens is 275 g/mol. The molecule has 0 amide bonds. The largest absolute Gasteiger partial charge is 0.250 e. The number of hydrogen-bond acceptors (Lipinski definition) is 2. The van der Waals surface area contributed by atoms with E-state index in [1.807, 2.05) is 12.1 Å². The molecule has 3 rings (SSSR count). The van der Waals surface area contributed by atoms with Crippen molar-refractivity contribution in [1.29, 1.82) is 0 Å². The molecule has 0 atom stereocenters. The van der Waals surface area contributed by atoms with Crippen LogP contribution in [0.25, 0.3) is 22.5 Å². The minimum Gasteiger partial charge on any atom is -0.250 e. The van der Waals surface area contributed by atoms with E-state index in [1.54, 1.807) is 36.5 Å². The molecule has 0 spiro atoms. The average molecular weight is 284 g/mol. The fourth-order valence-corrected chi connectivity index (χ4v) is 1.99. The first-order valence-electron chi connectivity index (χ1n) is 5.99. The van der Waals surface area contributed by atoms with Crippen LogP contribution in [0.2, 0.25) is 5.02 Å². The molecule has 0 N–H and O–H groups in total. The number of halogens is 2. The SMILES string of the molecule is Fc1ccccc1-c1[c]ncc(-c2ccc(Cl)cc2)n1. The van der Waals surface area contributed by atoms with Gasteiger partial charge in [-0.2, -0.15) is 0 Å². The minimum atomic E-state index is -0.341. The zero-order valence-electron chi connectivity index (χ0n) is 10.3. The van der Waals surface area contributed by atoms with Gasteiger partial charge in [-0.15, -0.1) is 0 Å². The predicted octanol–water partition coefficient (Wildman–Crippen LogP) is 4.40. The molecule has 0 aliphatic heterocycles. The molecule has 1 aromatic heterocycles. The van der Waals surface area contributed by atoms with Gasteiger partial charge in [-0.05, 0) is 24.3 Å². The normalized spacial score (nSPS) is 10.5. The van der Waals surface area contributed by atoms with Crippen LogP contribution in [0.5, 0.6) is 0 Å². The highest BCUT2D eigenvalue weighted by molar-refractivity contribution is 6.30. The van der Waals surface area contributed by atoms with E-state index in [2.05, 4.69) is 16.2 Å². The van der Waals surface area contributed by atoms with Crippen LogP contribution in [0.15, 0.2) is 54.7 Å². The summed E-state index contributed by atoms with van der Waals surface area (Å²) in [7, 11) is 0. The third-order valence-corrected chi connectivity index (χ3v) is 3.11. The van der Waals surface area contributed by atoms with Gasteiger partial charge < -0.3 is 0 Å². The van der Waals surface area contributed by atoms with Gasteiger partial charge in [-0.1, -0.05) is 35.9 Å². The predicted molar refractivity (Wildman–Crippen MR) is 76.7 cm³/mol. The van der Waals surface area contributed by atoms with E-state index < -0.39 is 0 Å². The Labute approximate surface area is 120 Å². The Morgan fingerprint density at radius 3 is 2.50 bits per heavy atom. The van der Waals surface area contributed by atoms with Crippen molar-refractivity contribution >= 4 is 11.6 Å². The summed E-state index contributed by atoms with van der Waals surface area (Å²) in [5.74, 6) is -0.341. The quantitative estimate of drug-likeness (QED) is 0.696. The Morgan fingerprint density at radius 2 is 1.75 bits per heavy atom. The van der Waals surface area contributed by atoms with Gasteiger partial charge in [0, 0.05) is 16.1 Å². The van der Waals surface area contributed by atoms with Gasteiger partial charge in [-0.3, -0.25) is 0 Å². The van der Waals surface area contributed by atoms with Gasteiger partial charge in [0.2, 0.25) is 0 Å². The number of nitrogens with zero attached hydrogens (tertiary/aromatic N) is 2. The second-order valence-electron chi connectivity index (χ2n) is 4.20. The van der Waals surface area contributed by atoms with Crippen LogP contribution >= 0.6 is 11.6 Å². The van der Waals surface area contributed by atoms with Crippen molar-refractivity contribution in [2.45, 2.75) is 0 Å². The lowest BCUT2D eigenvalue weighted by atomic mass is 10.1. The standard InChI is InChI=1S/C16H9ClFN2/c17-12-7-5-11(6-8-12)15-9-19-10-16(20-15)13-3-1-2-4-14(13)18/h1-9H. The van der Waals surface area contributed by atoms with E-state index in [9.17, 15) is 4.39 Å². The summed E-state index contributed by atoms with van der Waals surface area (Å²) in [4.78, 5) is 8.42. The lowest BCUT2D eigenvalue weighted by molar-refractivity contribution is 0.630. The summed E-state index contributed by atoms with van der Waals surface area (Å²) in [6.07, 6.45) is 4.31. The average Bonchev–Trinajstić information content (AvgIpc) is 2.49. The second kappa shape index (κ2) is 5.39. The van der Waals surface area contributed by atoms with Crippen molar-refractivity contribution in [3.05, 3.63) is 71.8 Å². The molecule has 97 valence electrons. The van der Waals surface area contributed by atoms with Gasteiger partial charge >= 0.3 is 0 Å². The monoisotopic (exact) mass is 283 g/mol. The van der Waals surface area contributed by atoms with Crippen molar-refractivity contribution in [1.82, 2.24) is 9.97 Å². The van der Waals surface area contributed by atoms with Crippen molar-refractivity contribution in [2.75, 3.05) is 0 Å². The number of hydrogen-bond donors (Lipinski definition) is 0. The summed E-state index contributed by atoms with van der Waals surface area (Å²) in [6.45, 7) is 0. The molecule has 0 bridgehead atoms. The molecule has 3 aromatic rings. The lowest BCUT2D eigenvalue weighted by Crippen LogP contribution is -1.92. The molecule has 0 fully saturated rings. The molecule has 0 saturated heterocycles. The summed E-state index contributed by atoms with van der Waals surface area (Å²) in [5, 5.41) is 0.651. The van der Waals surface area contributed by atoms with Gasteiger partial charge in [0.1, 0.15) is 17.7 Å². The summed E-state index contributed by atoms with van der Waals surface area (Å²) in [6, 6.07) is 13.7. The highest BCUT2D eigenvalue weighted by Gasteiger charge is 2.08. The number of rotatable bonds is 2. The molecule has 0 aliphatic rings. The highest BCUT2D eigenvalue weighted by Crippen LogP contribution is 2.24. The van der Waals surface area contributed by atoms with Crippen LogP contribution in [0.3, 0.4) is 0 Å². The maximum absolute atomic E-state index is 13.8. The van der Waals surface area contributed by atoms with E-state index >= 15 is 0 Å². The van der Waals surface area contributed by atoms with E-state index in [-0.39, 0.29) is 5.82 Å². The number of benzene rings is 2. The first-order chi connectivity index (χ1) is 9.74. The lowest BCUT2D eigenvalue weighted by Gasteiger charge is -2.05. The Morgan fingerprint density at radius 1 is 1.00 bits per heavy atom. The van der Waals surface area contributed by atoms with Crippen LogP contribution < -0.4 is 0 Å². The van der Waals surface area contributed by atoms with E-state index in [4.69, 9.17) is 11.6 Å². The third-order valence-electron chi connectivity index (χ3n) is 2.86. The molecule has 20 heavy (non-hydrogen) atoms. The fourth-order valence-electron chi connectivity index (χ4n) is 1.86. The summed E-state index contributed by atoms with van der Waals surface area (Å²) >= 11 is 5.86. The Hall–Kier alpha value is -2.26. The zero-order chi connectivity index (χ0) is 13.9. The van der Waals surface area contributed by atoms with Crippen LogP contribution in [0, 0.1) is 12.0 Å². The molecule has 1 radical (unpaired) electrons. The van der Waals surface area contributed by atoms with Crippen molar-refractivity contribution < 1.29 is 4.39 Å². The highest BCUT2D eigenvalue weighted by atomic mass is 35.5. The van der Waals surface area contributed by atoms with Crippen LogP contribution in [0.4, 0.5) is 4.39 Å². The van der Waals surface area contributed by atoms with Gasteiger partial charge in [0.05, 0.1) is 11.9 Å². The smallest absolute Gasteiger partial charge is 0.132 e. The molecule has 4 heteroatoms. The molecule has 1 heterocycles. The topological polar surface area (TPSA) is 25.8 Å². The Kier molecular flexibility index (Phi) is 3.44. The summed E-state index contributed by atoms with van der Waals surface area (Å²) < 4.78 is 13.8. The zero-order valence-corrected chi connectivity index (χ0v) is 11.1. The van der Waals surface area contributed by atoms with Crippen LogP contribution in [-0.4, -0.2) is 9.97 Å². The van der Waals surface area contributed by atoms with E-state index in [1.165, 1.54) is 6.07 Å². The molecule has 2 aromatic carbocycles. The third kappa shape index (κ3) is 2.53. The van der Waals surface area contributed by atoms with E-state index in [0.29, 0.717) is 22.0 Å². The van der Waals surface area contributed by atoms with Crippen molar-refractivity contribution in [3.8, 4) is 22.5 Å². The molecule has 0 aliphatic carbocycles. The van der Waals surface area contributed by atoms with Crippen molar-refractivity contribution in [3.63, 3.8) is 0 Å². The maximum atomic E-state index is 13.8.